The van der Waals surface area contributed by atoms with E-state index in [0.717, 1.165) is 25.7 Å². The largest absolute Gasteiger partial charge is 0.458 e. The van der Waals surface area contributed by atoms with E-state index in [1.807, 2.05) is 0 Å². The van der Waals surface area contributed by atoms with Gasteiger partial charge in [-0.2, -0.15) is 0 Å². The standard InChI is InChI=1S/C14H24O4/c1-4-6-7-8-9-12(3)10-11-18-14(16)13(15)17-5-2/h7-8,12H,4-6,9-11H2,1-3H3. The Labute approximate surface area is 109 Å². The van der Waals surface area contributed by atoms with Crippen LogP contribution in [0.15, 0.2) is 12.2 Å². The second-order valence-corrected chi connectivity index (χ2v) is 4.25. The van der Waals surface area contributed by atoms with Crippen LogP contribution in [0.4, 0.5) is 0 Å². The summed E-state index contributed by atoms with van der Waals surface area (Å²) in [5.41, 5.74) is 0. The molecule has 0 aromatic carbocycles. The first-order valence-electron chi connectivity index (χ1n) is 6.60. The van der Waals surface area contributed by atoms with Gasteiger partial charge in [0.2, 0.25) is 0 Å². The van der Waals surface area contributed by atoms with E-state index < -0.39 is 11.9 Å². The van der Waals surface area contributed by atoms with Crippen molar-refractivity contribution in [2.24, 2.45) is 5.92 Å². The summed E-state index contributed by atoms with van der Waals surface area (Å²) in [4.78, 5) is 22.1. The maximum Gasteiger partial charge on any atom is 0.417 e. The molecule has 18 heavy (non-hydrogen) atoms. The number of unbranched alkanes of at least 4 members (excludes halogenated alkanes) is 1. The lowest BCUT2D eigenvalue weighted by atomic mass is 10.0. The van der Waals surface area contributed by atoms with Crippen molar-refractivity contribution < 1.29 is 19.1 Å². The Morgan fingerprint density at radius 3 is 2.39 bits per heavy atom. The maximum absolute atomic E-state index is 11.1. The summed E-state index contributed by atoms with van der Waals surface area (Å²) in [6.45, 7) is 6.33. The average Bonchev–Trinajstić information content (AvgIpc) is 2.35. The fourth-order valence-corrected chi connectivity index (χ4v) is 1.33. The Balaban J connectivity index is 3.64. The van der Waals surface area contributed by atoms with Crippen LogP contribution in [0.2, 0.25) is 0 Å². The molecule has 1 unspecified atom stereocenters. The van der Waals surface area contributed by atoms with Crippen LogP contribution in [0.25, 0.3) is 0 Å². The summed E-state index contributed by atoms with van der Waals surface area (Å²) < 4.78 is 9.35. The molecule has 4 nitrogen and oxygen atoms in total. The number of ether oxygens (including phenoxy) is 2. The number of hydrogen-bond acceptors (Lipinski definition) is 4. The highest BCUT2D eigenvalue weighted by atomic mass is 16.6. The molecule has 1 atom stereocenters. The lowest BCUT2D eigenvalue weighted by molar-refractivity contribution is -0.167. The van der Waals surface area contributed by atoms with Gasteiger partial charge in [0.1, 0.15) is 0 Å². The smallest absolute Gasteiger partial charge is 0.417 e. The lowest BCUT2D eigenvalue weighted by Crippen LogP contribution is -2.21. The van der Waals surface area contributed by atoms with Gasteiger partial charge in [0.05, 0.1) is 13.2 Å². The van der Waals surface area contributed by atoms with Crippen molar-refractivity contribution in [3.8, 4) is 0 Å². The van der Waals surface area contributed by atoms with E-state index in [4.69, 9.17) is 4.74 Å². The molecule has 0 heterocycles. The van der Waals surface area contributed by atoms with Crippen LogP contribution in [0.5, 0.6) is 0 Å². The molecule has 0 rings (SSSR count). The molecular formula is C14H24O4. The Morgan fingerprint density at radius 2 is 1.78 bits per heavy atom. The second kappa shape index (κ2) is 10.8. The molecular weight excluding hydrogens is 232 g/mol. The third-order valence-electron chi connectivity index (χ3n) is 2.45. The third kappa shape index (κ3) is 8.79. The van der Waals surface area contributed by atoms with Crippen LogP contribution >= 0.6 is 0 Å². The first kappa shape index (κ1) is 16.7. The van der Waals surface area contributed by atoms with Crippen molar-refractivity contribution in [3.05, 3.63) is 12.2 Å². The molecule has 0 saturated heterocycles. The topological polar surface area (TPSA) is 52.6 Å². The summed E-state index contributed by atoms with van der Waals surface area (Å²) >= 11 is 0. The molecule has 0 fully saturated rings. The van der Waals surface area contributed by atoms with Gasteiger partial charge in [-0.15, -0.1) is 0 Å². The highest BCUT2D eigenvalue weighted by Gasteiger charge is 2.16. The molecule has 0 N–H and O–H groups in total. The van der Waals surface area contributed by atoms with Gasteiger partial charge in [-0.25, -0.2) is 9.59 Å². The van der Waals surface area contributed by atoms with E-state index in [0.29, 0.717) is 5.92 Å². The van der Waals surface area contributed by atoms with E-state index in [1.54, 1.807) is 6.92 Å². The van der Waals surface area contributed by atoms with Crippen molar-refractivity contribution >= 4 is 11.9 Å². The number of carbonyl (C=O) groups excluding carboxylic acids is 2. The quantitative estimate of drug-likeness (QED) is 0.380. The van der Waals surface area contributed by atoms with Gasteiger partial charge in [-0.1, -0.05) is 32.4 Å². The maximum atomic E-state index is 11.1. The molecule has 4 heteroatoms. The minimum Gasteiger partial charge on any atom is -0.458 e. The molecule has 0 aromatic heterocycles. The van der Waals surface area contributed by atoms with Crippen LogP contribution in [0.3, 0.4) is 0 Å². The first-order valence-corrected chi connectivity index (χ1v) is 6.60. The molecule has 0 aromatic rings. The summed E-state index contributed by atoms with van der Waals surface area (Å²) in [6, 6.07) is 0. The minimum atomic E-state index is -0.909. The molecule has 0 saturated carbocycles. The number of hydrogen-bond donors (Lipinski definition) is 0. The Morgan fingerprint density at radius 1 is 1.11 bits per heavy atom. The Bertz CT molecular complexity index is 271. The summed E-state index contributed by atoms with van der Waals surface area (Å²) in [5.74, 6) is -1.37. The normalized spacial score (nSPS) is 12.4. The van der Waals surface area contributed by atoms with E-state index in [-0.39, 0.29) is 13.2 Å². The molecule has 0 spiro atoms. The zero-order valence-corrected chi connectivity index (χ0v) is 11.6. The predicted molar refractivity (Wildman–Crippen MR) is 70.0 cm³/mol. The van der Waals surface area contributed by atoms with Gasteiger partial charge >= 0.3 is 11.9 Å². The molecule has 104 valence electrons. The zero-order chi connectivity index (χ0) is 13.8. The fourth-order valence-electron chi connectivity index (χ4n) is 1.33. The van der Waals surface area contributed by atoms with Gasteiger partial charge in [-0.3, -0.25) is 0 Å². The number of allylic oxidation sites excluding steroid dienone is 2. The predicted octanol–water partition coefficient (Wildman–Crippen LogP) is 2.87. The Kier molecular flexibility index (Phi) is 10.0. The molecule has 0 bridgehead atoms. The number of esters is 2. The molecule has 0 aliphatic carbocycles. The zero-order valence-electron chi connectivity index (χ0n) is 11.6. The van der Waals surface area contributed by atoms with Gasteiger partial charge < -0.3 is 9.47 Å². The van der Waals surface area contributed by atoms with Crippen molar-refractivity contribution in [3.63, 3.8) is 0 Å². The summed E-state index contributed by atoms with van der Waals surface area (Å²) in [5, 5.41) is 0. The first-order chi connectivity index (χ1) is 8.61. The van der Waals surface area contributed by atoms with Crippen LogP contribution in [-0.2, 0) is 19.1 Å². The van der Waals surface area contributed by atoms with Gasteiger partial charge in [-0.05, 0) is 32.1 Å². The van der Waals surface area contributed by atoms with E-state index >= 15 is 0 Å². The Hall–Kier alpha value is -1.32. The molecule has 0 amide bonds. The molecule has 0 aliphatic rings. The van der Waals surface area contributed by atoms with Crippen molar-refractivity contribution in [2.75, 3.05) is 13.2 Å². The van der Waals surface area contributed by atoms with Crippen LogP contribution in [0, 0.1) is 5.92 Å². The van der Waals surface area contributed by atoms with Crippen molar-refractivity contribution in [1.29, 1.82) is 0 Å². The number of carbonyl (C=O) groups is 2. The SMILES string of the molecule is CCCC=CCC(C)CCOC(=O)C(=O)OCC. The molecule has 0 radical (unpaired) electrons. The summed E-state index contributed by atoms with van der Waals surface area (Å²) in [6.07, 6.45) is 8.30. The van der Waals surface area contributed by atoms with Crippen molar-refractivity contribution in [2.45, 2.75) is 46.5 Å². The highest BCUT2D eigenvalue weighted by Crippen LogP contribution is 2.09. The molecule has 0 aliphatic heterocycles. The second-order valence-electron chi connectivity index (χ2n) is 4.25. The summed E-state index contributed by atoms with van der Waals surface area (Å²) in [7, 11) is 0. The number of rotatable bonds is 8. The van der Waals surface area contributed by atoms with Crippen LogP contribution in [-0.4, -0.2) is 25.2 Å². The van der Waals surface area contributed by atoms with E-state index in [1.165, 1.54) is 0 Å². The van der Waals surface area contributed by atoms with Crippen LogP contribution < -0.4 is 0 Å². The van der Waals surface area contributed by atoms with Crippen LogP contribution in [0.1, 0.15) is 46.5 Å². The third-order valence-corrected chi connectivity index (χ3v) is 2.45. The monoisotopic (exact) mass is 256 g/mol. The van der Waals surface area contributed by atoms with Crippen molar-refractivity contribution in [1.82, 2.24) is 0 Å². The highest BCUT2D eigenvalue weighted by molar-refractivity contribution is 6.29. The van der Waals surface area contributed by atoms with Gasteiger partial charge in [0.15, 0.2) is 0 Å². The minimum absolute atomic E-state index is 0.187. The van der Waals surface area contributed by atoms with Gasteiger partial charge in [0.25, 0.3) is 0 Å². The lowest BCUT2D eigenvalue weighted by Gasteiger charge is -2.08. The van der Waals surface area contributed by atoms with E-state index in [2.05, 4.69) is 30.7 Å². The average molecular weight is 256 g/mol. The van der Waals surface area contributed by atoms with E-state index in [9.17, 15) is 9.59 Å². The fraction of sp³-hybridized carbons (Fsp3) is 0.714. The van der Waals surface area contributed by atoms with Gasteiger partial charge in [0, 0.05) is 0 Å².